The summed E-state index contributed by atoms with van der Waals surface area (Å²) in [5, 5.41) is 0. The number of ketones is 1. The van der Waals surface area contributed by atoms with Crippen LogP contribution in [0.25, 0.3) is 0 Å². The molecule has 1 aromatic carbocycles. The Bertz CT molecular complexity index is 432. The Labute approximate surface area is 104 Å². The predicted octanol–water partition coefficient (Wildman–Crippen LogP) is 2.35. The standard InChI is InChI=1S/C12H12ClFO3/c1-2-17-12(16)11-4-3-9(14)5-8(11)6-10(15)7-13/h3-5H,2,6-7H2,1H3. The van der Waals surface area contributed by atoms with Crippen molar-refractivity contribution < 1.29 is 18.7 Å². The van der Waals surface area contributed by atoms with Gasteiger partial charge < -0.3 is 4.74 Å². The van der Waals surface area contributed by atoms with Gasteiger partial charge in [-0.05, 0) is 30.7 Å². The van der Waals surface area contributed by atoms with E-state index in [4.69, 9.17) is 16.3 Å². The summed E-state index contributed by atoms with van der Waals surface area (Å²) in [5.41, 5.74) is 0.501. The van der Waals surface area contributed by atoms with Crippen molar-refractivity contribution >= 4 is 23.4 Å². The lowest BCUT2D eigenvalue weighted by atomic mass is 10.0. The Hall–Kier alpha value is -1.42. The summed E-state index contributed by atoms with van der Waals surface area (Å²) in [7, 11) is 0. The lowest BCUT2D eigenvalue weighted by Gasteiger charge is -2.07. The van der Waals surface area contributed by atoms with Crippen molar-refractivity contribution in [2.75, 3.05) is 12.5 Å². The molecule has 0 aliphatic heterocycles. The third-order valence-corrected chi connectivity index (χ3v) is 2.40. The highest BCUT2D eigenvalue weighted by Gasteiger charge is 2.15. The van der Waals surface area contributed by atoms with Crippen LogP contribution in [0.1, 0.15) is 22.8 Å². The Kier molecular flexibility index (Phi) is 5.10. The van der Waals surface area contributed by atoms with Crippen molar-refractivity contribution in [3.05, 3.63) is 35.1 Å². The Balaban J connectivity index is 3.03. The van der Waals surface area contributed by atoms with Crippen molar-refractivity contribution in [2.45, 2.75) is 13.3 Å². The molecule has 17 heavy (non-hydrogen) atoms. The summed E-state index contributed by atoms with van der Waals surface area (Å²) < 4.78 is 17.9. The van der Waals surface area contributed by atoms with Gasteiger partial charge in [0.15, 0.2) is 5.78 Å². The number of halogens is 2. The van der Waals surface area contributed by atoms with Crippen molar-refractivity contribution in [1.82, 2.24) is 0 Å². The monoisotopic (exact) mass is 258 g/mol. The molecular weight excluding hydrogens is 247 g/mol. The summed E-state index contributed by atoms with van der Waals surface area (Å²) in [5.74, 6) is -1.51. The van der Waals surface area contributed by atoms with Gasteiger partial charge in [-0.2, -0.15) is 0 Å². The van der Waals surface area contributed by atoms with Gasteiger partial charge in [0.25, 0.3) is 0 Å². The second-order valence-corrected chi connectivity index (χ2v) is 3.64. The molecule has 1 rings (SSSR count). The first kappa shape index (κ1) is 13.6. The molecule has 0 radical (unpaired) electrons. The second-order valence-electron chi connectivity index (χ2n) is 3.37. The van der Waals surface area contributed by atoms with E-state index in [-0.39, 0.29) is 30.3 Å². The van der Waals surface area contributed by atoms with Crippen LogP contribution in [0, 0.1) is 5.82 Å². The van der Waals surface area contributed by atoms with E-state index in [2.05, 4.69) is 0 Å². The molecular formula is C12H12ClFO3. The summed E-state index contributed by atoms with van der Waals surface area (Å²) in [6, 6.07) is 3.61. The number of carbonyl (C=O) groups is 2. The number of esters is 1. The average Bonchev–Trinajstić information content (AvgIpc) is 2.29. The van der Waals surface area contributed by atoms with Gasteiger partial charge in [-0.25, -0.2) is 9.18 Å². The number of alkyl halides is 1. The summed E-state index contributed by atoms with van der Waals surface area (Å²) in [4.78, 5) is 22.8. The van der Waals surface area contributed by atoms with E-state index in [9.17, 15) is 14.0 Å². The maximum atomic E-state index is 13.1. The van der Waals surface area contributed by atoms with Gasteiger partial charge in [0, 0.05) is 6.42 Å². The molecule has 1 aromatic rings. The van der Waals surface area contributed by atoms with Gasteiger partial charge in [0.1, 0.15) is 5.82 Å². The van der Waals surface area contributed by atoms with Gasteiger partial charge in [-0.3, -0.25) is 4.79 Å². The van der Waals surface area contributed by atoms with Crippen molar-refractivity contribution in [1.29, 1.82) is 0 Å². The molecule has 0 spiro atoms. The van der Waals surface area contributed by atoms with Crippen LogP contribution in [0.4, 0.5) is 4.39 Å². The number of benzene rings is 1. The maximum absolute atomic E-state index is 13.1. The summed E-state index contributed by atoms with van der Waals surface area (Å²) in [6.45, 7) is 1.89. The van der Waals surface area contributed by atoms with Crippen molar-refractivity contribution in [3.8, 4) is 0 Å². The molecule has 0 atom stereocenters. The lowest BCUT2D eigenvalue weighted by Crippen LogP contribution is -2.12. The Morgan fingerprint density at radius 1 is 1.41 bits per heavy atom. The largest absolute Gasteiger partial charge is 0.462 e. The maximum Gasteiger partial charge on any atom is 0.338 e. The van der Waals surface area contributed by atoms with Crippen LogP contribution < -0.4 is 0 Å². The third kappa shape index (κ3) is 3.82. The number of carbonyl (C=O) groups excluding carboxylic acids is 2. The molecule has 0 aliphatic rings. The van der Waals surface area contributed by atoms with E-state index in [0.29, 0.717) is 5.56 Å². The van der Waals surface area contributed by atoms with Gasteiger partial charge >= 0.3 is 5.97 Å². The number of ether oxygens (including phenoxy) is 1. The molecule has 0 aliphatic carbocycles. The highest BCUT2D eigenvalue weighted by Crippen LogP contribution is 2.14. The van der Waals surface area contributed by atoms with E-state index in [1.807, 2.05) is 0 Å². The van der Waals surface area contributed by atoms with E-state index >= 15 is 0 Å². The quantitative estimate of drug-likeness (QED) is 0.601. The molecule has 5 heteroatoms. The highest BCUT2D eigenvalue weighted by molar-refractivity contribution is 6.27. The molecule has 0 aromatic heterocycles. The van der Waals surface area contributed by atoms with Gasteiger partial charge in [0.2, 0.25) is 0 Å². The van der Waals surface area contributed by atoms with Gasteiger partial charge in [0.05, 0.1) is 18.1 Å². The SMILES string of the molecule is CCOC(=O)c1ccc(F)cc1CC(=O)CCl. The number of Topliss-reactive ketones (excluding diaryl/α,β-unsaturated/α-hetero) is 1. The summed E-state index contributed by atoms with van der Waals surface area (Å²) >= 11 is 5.38. The fourth-order valence-electron chi connectivity index (χ4n) is 1.38. The predicted molar refractivity (Wildman–Crippen MR) is 61.8 cm³/mol. The van der Waals surface area contributed by atoms with Crippen LogP contribution in [0.3, 0.4) is 0 Å². The van der Waals surface area contributed by atoms with Crippen molar-refractivity contribution in [2.24, 2.45) is 0 Å². The van der Waals surface area contributed by atoms with Crippen LogP contribution in [-0.2, 0) is 16.0 Å². The minimum atomic E-state index is -0.565. The Morgan fingerprint density at radius 2 is 2.12 bits per heavy atom. The molecule has 0 saturated heterocycles. The molecule has 0 bridgehead atoms. The van der Waals surface area contributed by atoms with Crippen LogP contribution in [-0.4, -0.2) is 24.2 Å². The lowest BCUT2D eigenvalue weighted by molar-refractivity contribution is -0.116. The fraction of sp³-hybridized carbons (Fsp3) is 0.333. The third-order valence-electron chi connectivity index (χ3n) is 2.10. The fourth-order valence-corrected chi connectivity index (χ4v) is 1.47. The van der Waals surface area contributed by atoms with Crippen LogP contribution in [0.2, 0.25) is 0 Å². The van der Waals surface area contributed by atoms with Gasteiger partial charge in [-0.15, -0.1) is 11.6 Å². The summed E-state index contributed by atoms with van der Waals surface area (Å²) in [6.07, 6.45) is -0.0740. The van der Waals surface area contributed by atoms with E-state index in [0.717, 1.165) is 12.1 Å². The zero-order valence-electron chi connectivity index (χ0n) is 9.33. The zero-order valence-corrected chi connectivity index (χ0v) is 10.1. The molecule has 3 nitrogen and oxygen atoms in total. The smallest absolute Gasteiger partial charge is 0.338 e. The van der Waals surface area contributed by atoms with E-state index < -0.39 is 11.8 Å². The minimum Gasteiger partial charge on any atom is -0.462 e. The van der Waals surface area contributed by atoms with Crippen LogP contribution in [0.5, 0.6) is 0 Å². The molecule has 0 fully saturated rings. The molecule has 92 valence electrons. The molecule has 0 amide bonds. The Morgan fingerprint density at radius 3 is 2.71 bits per heavy atom. The van der Waals surface area contributed by atoms with Crippen LogP contribution in [0.15, 0.2) is 18.2 Å². The number of rotatable bonds is 5. The molecule has 0 saturated carbocycles. The van der Waals surface area contributed by atoms with E-state index in [1.165, 1.54) is 6.07 Å². The van der Waals surface area contributed by atoms with Crippen LogP contribution >= 0.6 is 11.6 Å². The highest BCUT2D eigenvalue weighted by atomic mass is 35.5. The number of hydrogen-bond donors (Lipinski definition) is 0. The molecule has 0 unspecified atom stereocenters. The molecule has 0 heterocycles. The van der Waals surface area contributed by atoms with E-state index in [1.54, 1.807) is 6.92 Å². The second kappa shape index (κ2) is 6.35. The van der Waals surface area contributed by atoms with Gasteiger partial charge in [-0.1, -0.05) is 0 Å². The topological polar surface area (TPSA) is 43.4 Å². The average molecular weight is 259 g/mol. The first-order valence-corrected chi connectivity index (χ1v) is 5.65. The van der Waals surface area contributed by atoms with Crippen molar-refractivity contribution in [3.63, 3.8) is 0 Å². The number of hydrogen-bond acceptors (Lipinski definition) is 3. The first-order valence-electron chi connectivity index (χ1n) is 5.11. The normalized spacial score (nSPS) is 10.1. The molecule has 0 N–H and O–H groups in total. The first-order chi connectivity index (χ1) is 8.08. The zero-order chi connectivity index (χ0) is 12.8. The minimum absolute atomic E-state index is 0.0740.